The lowest BCUT2D eigenvalue weighted by molar-refractivity contribution is -0.143. The second-order valence-electron chi connectivity index (χ2n) is 8.91. The number of nitrogens with two attached hydrogens (primary N) is 2. The van der Waals surface area contributed by atoms with Crippen molar-refractivity contribution in [1.82, 2.24) is 21.3 Å². The molecule has 13 heteroatoms. The number of carboxylic acids is 1. The van der Waals surface area contributed by atoms with E-state index in [2.05, 4.69) is 26.3 Å². The van der Waals surface area contributed by atoms with Crippen LogP contribution in [0.4, 0.5) is 0 Å². The molecule has 5 unspecified atom stereocenters. The number of amides is 3. The molecule has 1 heterocycles. The summed E-state index contributed by atoms with van der Waals surface area (Å²) in [5, 5.41) is 30.1. The molecule has 0 aromatic heterocycles. The van der Waals surface area contributed by atoms with E-state index in [4.69, 9.17) is 11.5 Å². The minimum Gasteiger partial charge on any atom is -0.480 e. The zero-order valence-electron chi connectivity index (χ0n) is 20.0. The molecule has 13 nitrogen and oxygen atoms in total. The van der Waals surface area contributed by atoms with Gasteiger partial charge >= 0.3 is 5.97 Å². The van der Waals surface area contributed by atoms with E-state index in [0.717, 1.165) is 13.0 Å². The van der Waals surface area contributed by atoms with E-state index >= 15 is 0 Å². The van der Waals surface area contributed by atoms with E-state index in [0.29, 0.717) is 19.3 Å². The molecule has 0 aliphatic carbocycles. The van der Waals surface area contributed by atoms with Crippen LogP contribution in [0, 0.1) is 5.92 Å². The first-order valence-electron chi connectivity index (χ1n) is 11.5. The Kier molecular flexibility index (Phi) is 12.3. The van der Waals surface area contributed by atoms with Crippen LogP contribution in [-0.2, 0) is 19.2 Å². The Morgan fingerprint density at radius 3 is 2.24 bits per heavy atom. The Balaban J connectivity index is 2.83. The zero-order chi connectivity index (χ0) is 25.8. The van der Waals surface area contributed by atoms with Gasteiger partial charge in [-0.05, 0) is 51.5 Å². The minimum absolute atomic E-state index is 0.0404. The highest BCUT2D eigenvalue weighted by Crippen LogP contribution is 2.10. The topological polar surface area (TPSA) is 221 Å². The van der Waals surface area contributed by atoms with Gasteiger partial charge in [-0.15, -0.1) is 0 Å². The van der Waals surface area contributed by atoms with Crippen molar-refractivity contribution in [3.8, 4) is 0 Å². The second kappa shape index (κ2) is 14.4. The molecule has 1 saturated heterocycles. The highest BCUT2D eigenvalue weighted by molar-refractivity contribution is 5.94. The minimum atomic E-state index is -1.41. The van der Waals surface area contributed by atoms with Crippen LogP contribution in [0.2, 0.25) is 0 Å². The van der Waals surface area contributed by atoms with Gasteiger partial charge in [-0.3, -0.25) is 19.4 Å². The molecule has 1 fully saturated rings. The number of carbonyl (C=O) groups is 4. The average Bonchev–Trinajstić information content (AvgIpc) is 3.27. The molecule has 34 heavy (non-hydrogen) atoms. The number of aliphatic hydroxyl groups excluding tert-OH is 1. The van der Waals surface area contributed by atoms with E-state index in [1.807, 2.05) is 13.8 Å². The second-order valence-corrected chi connectivity index (χ2v) is 8.91. The number of hydrogen-bond donors (Lipinski definition) is 8. The molecule has 0 spiro atoms. The maximum absolute atomic E-state index is 13.0. The number of hydrogen-bond acceptors (Lipinski definition) is 7. The molecular weight excluding hydrogens is 446 g/mol. The Morgan fingerprint density at radius 2 is 1.74 bits per heavy atom. The molecule has 0 saturated carbocycles. The highest BCUT2D eigenvalue weighted by atomic mass is 16.4. The third-order valence-corrected chi connectivity index (χ3v) is 5.34. The first-order valence-corrected chi connectivity index (χ1v) is 11.5. The van der Waals surface area contributed by atoms with Crippen LogP contribution < -0.4 is 32.7 Å². The fraction of sp³-hybridized carbons (Fsp3) is 0.762. The molecule has 3 amide bonds. The Morgan fingerprint density at radius 1 is 1.06 bits per heavy atom. The summed E-state index contributed by atoms with van der Waals surface area (Å²) in [4.78, 5) is 53.5. The summed E-state index contributed by atoms with van der Waals surface area (Å²) in [6, 6.07) is -3.98. The molecule has 0 bridgehead atoms. The lowest BCUT2D eigenvalue weighted by atomic mass is 10.0. The Hall–Kier alpha value is -2.93. The monoisotopic (exact) mass is 485 g/mol. The summed E-state index contributed by atoms with van der Waals surface area (Å²) in [6.45, 7) is 5.99. The van der Waals surface area contributed by atoms with Gasteiger partial charge < -0.3 is 42.9 Å². The number of aliphatic carboxylic acids is 1. The van der Waals surface area contributed by atoms with Crippen molar-refractivity contribution in [3.05, 3.63) is 0 Å². The lowest BCUT2D eigenvalue weighted by Crippen LogP contribution is -2.60. The average molecular weight is 486 g/mol. The van der Waals surface area contributed by atoms with Gasteiger partial charge in [-0.1, -0.05) is 13.8 Å². The van der Waals surface area contributed by atoms with Crippen molar-refractivity contribution in [3.63, 3.8) is 0 Å². The summed E-state index contributed by atoms with van der Waals surface area (Å²) in [6.07, 6.45) is 0.866. The predicted octanol–water partition coefficient (Wildman–Crippen LogP) is -2.24. The quantitative estimate of drug-likeness (QED) is 0.0755. The first-order chi connectivity index (χ1) is 15.9. The van der Waals surface area contributed by atoms with Gasteiger partial charge in [-0.25, -0.2) is 4.79 Å². The van der Waals surface area contributed by atoms with Crippen molar-refractivity contribution >= 4 is 29.7 Å². The summed E-state index contributed by atoms with van der Waals surface area (Å²) in [5.74, 6) is -3.14. The normalized spacial score (nSPS) is 18.9. The van der Waals surface area contributed by atoms with Crippen LogP contribution >= 0.6 is 0 Å². The molecule has 1 aliphatic rings. The fourth-order valence-corrected chi connectivity index (χ4v) is 3.57. The van der Waals surface area contributed by atoms with Crippen molar-refractivity contribution in [1.29, 1.82) is 0 Å². The highest BCUT2D eigenvalue weighted by Gasteiger charge is 2.33. The van der Waals surface area contributed by atoms with Gasteiger partial charge in [0.1, 0.15) is 18.1 Å². The maximum Gasteiger partial charge on any atom is 0.326 e. The van der Waals surface area contributed by atoms with Gasteiger partial charge in [-0.2, -0.15) is 0 Å². The summed E-state index contributed by atoms with van der Waals surface area (Å²) >= 11 is 0. The Bertz CT molecular complexity index is 733. The van der Waals surface area contributed by atoms with E-state index in [9.17, 15) is 29.4 Å². The summed E-state index contributed by atoms with van der Waals surface area (Å²) in [5.41, 5.74) is 10.5. The fourth-order valence-electron chi connectivity index (χ4n) is 3.57. The van der Waals surface area contributed by atoms with Crippen LogP contribution in [0.1, 0.15) is 52.9 Å². The van der Waals surface area contributed by atoms with E-state index in [1.54, 1.807) is 0 Å². The van der Waals surface area contributed by atoms with Crippen LogP contribution in [-0.4, -0.2) is 83.2 Å². The third-order valence-electron chi connectivity index (χ3n) is 5.34. The lowest BCUT2D eigenvalue weighted by Gasteiger charge is -2.27. The molecule has 5 atom stereocenters. The summed E-state index contributed by atoms with van der Waals surface area (Å²) in [7, 11) is 0. The number of carbonyl (C=O) groups excluding carboxylic acids is 3. The molecule has 0 aromatic rings. The van der Waals surface area contributed by atoms with Crippen molar-refractivity contribution < 1.29 is 29.4 Å². The van der Waals surface area contributed by atoms with Crippen LogP contribution in [0.15, 0.2) is 4.99 Å². The molecule has 0 aromatic carbocycles. The van der Waals surface area contributed by atoms with E-state index in [-0.39, 0.29) is 36.8 Å². The van der Waals surface area contributed by atoms with Gasteiger partial charge in [0.15, 0.2) is 5.96 Å². The SMILES string of the molecule is CC(C)CC(NC(=O)C1CCCN1)C(=O)NC(C(=O)NC(CCCN=C(N)N)C(=O)O)C(C)O. The smallest absolute Gasteiger partial charge is 0.326 e. The molecule has 1 rings (SSSR count). The molecular formula is C21H39N7O6. The summed E-state index contributed by atoms with van der Waals surface area (Å²) < 4.78 is 0. The number of guanidine groups is 1. The third kappa shape index (κ3) is 10.3. The van der Waals surface area contributed by atoms with Gasteiger partial charge in [0.25, 0.3) is 0 Å². The molecule has 10 N–H and O–H groups in total. The van der Waals surface area contributed by atoms with Crippen molar-refractivity contribution in [2.24, 2.45) is 22.4 Å². The van der Waals surface area contributed by atoms with Crippen LogP contribution in [0.5, 0.6) is 0 Å². The van der Waals surface area contributed by atoms with Gasteiger partial charge in [0, 0.05) is 6.54 Å². The number of rotatable bonds is 14. The molecule has 1 aliphatic heterocycles. The van der Waals surface area contributed by atoms with E-state index in [1.165, 1.54) is 6.92 Å². The Labute approximate surface area is 199 Å². The standard InChI is InChI=1S/C21H39N7O6/c1-11(2)10-15(27-17(30)13-6-4-8-24-13)18(31)28-16(12(3)29)19(32)26-14(20(33)34)7-5-9-25-21(22)23/h11-16,24,29H,4-10H2,1-3H3,(H,26,32)(H,27,30)(H,28,31)(H,33,34)(H4,22,23,25). The van der Waals surface area contributed by atoms with Gasteiger partial charge in [0.2, 0.25) is 17.7 Å². The first kappa shape index (κ1) is 29.1. The van der Waals surface area contributed by atoms with E-state index < -0.39 is 42.0 Å². The predicted molar refractivity (Wildman–Crippen MR) is 125 cm³/mol. The number of nitrogens with one attached hydrogen (secondary N) is 4. The largest absolute Gasteiger partial charge is 0.480 e. The van der Waals surface area contributed by atoms with Gasteiger partial charge in [0.05, 0.1) is 12.1 Å². The zero-order valence-corrected chi connectivity index (χ0v) is 20.0. The molecule has 0 radical (unpaired) electrons. The van der Waals surface area contributed by atoms with Crippen molar-refractivity contribution in [2.45, 2.75) is 83.1 Å². The number of nitrogens with zero attached hydrogens (tertiary/aromatic N) is 1. The number of aliphatic imine (C=N–C) groups is 1. The van der Waals surface area contributed by atoms with Crippen molar-refractivity contribution in [2.75, 3.05) is 13.1 Å². The van der Waals surface area contributed by atoms with Crippen LogP contribution in [0.25, 0.3) is 0 Å². The van der Waals surface area contributed by atoms with Crippen LogP contribution in [0.3, 0.4) is 0 Å². The number of aliphatic hydroxyl groups is 1. The number of carboxylic acid groups (broad SMARTS) is 1. The maximum atomic E-state index is 13.0. The molecule has 194 valence electrons.